The molecule has 0 amide bonds. The van der Waals surface area contributed by atoms with Gasteiger partial charge in [0.15, 0.2) is 5.11 Å². The first-order valence-electron chi connectivity index (χ1n) is 7.11. The number of thiocarbonyl (C=S) groups is 1. The quantitative estimate of drug-likeness (QED) is 0.648. The van der Waals surface area contributed by atoms with Gasteiger partial charge in [-0.15, -0.1) is 0 Å². The molecule has 0 spiro atoms. The maximum Gasteiger partial charge on any atom is 0.337 e. The highest BCUT2D eigenvalue weighted by molar-refractivity contribution is 7.80. The second kappa shape index (κ2) is 7.77. The third kappa shape index (κ3) is 3.65. The molecule has 2 rings (SSSR count). The molecule has 1 N–H and O–H groups in total. The lowest BCUT2D eigenvalue weighted by molar-refractivity contribution is -0.136. The van der Waals surface area contributed by atoms with Crippen LogP contribution in [-0.2, 0) is 14.3 Å². The second-order valence-electron chi connectivity index (χ2n) is 5.04. The van der Waals surface area contributed by atoms with Crippen LogP contribution in [0.4, 0.5) is 0 Å². The fourth-order valence-electron chi connectivity index (χ4n) is 2.55. The molecule has 0 bridgehead atoms. The molecule has 0 radical (unpaired) electrons. The van der Waals surface area contributed by atoms with Crippen molar-refractivity contribution in [3.63, 3.8) is 0 Å². The average Bonchev–Trinajstić information content (AvgIpc) is 2.54. The number of halogens is 1. The zero-order chi connectivity index (χ0) is 17.0. The van der Waals surface area contributed by atoms with Crippen molar-refractivity contribution in [2.75, 3.05) is 27.4 Å². The molecule has 1 aliphatic heterocycles. The smallest absolute Gasteiger partial charge is 0.337 e. The topological polar surface area (TPSA) is 50.8 Å². The van der Waals surface area contributed by atoms with E-state index in [-0.39, 0.29) is 0 Å². The molecule has 0 fully saturated rings. The molecule has 124 valence electrons. The van der Waals surface area contributed by atoms with Crippen LogP contribution in [0.3, 0.4) is 0 Å². The van der Waals surface area contributed by atoms with Crippen LogP contribution < -0.4 is 5.32 Å². The lowest BCUT2D eigenvalue weighted by Crippen LogP contribution is -2.48. The molecule has 1 aliphatic rings. The predicted molar refractivity (Wildman–Crippen MR) is 93.2 cm³/mol. The van der Waals surface area contributed by atoms with Crippen molar-refractivity contribution in [3.05, 3.63) is 46.1 Å². The minimum Gasteiger partial charge on any atom is -0.466 e. The zero-order valence-corrected chi connectivity index (χ0v) is 14.8. The van der Waals surface area contributed by atoms with Crippen molar-refractivity contribution < 1.29 is 14.3 Å². The highest BCUT2D eigenvalue weighted by atomic mass is 35.5. The van der Waals surface area contributed by atoms with E-state index < -0.39 is 12.0 Å². The largest absolute Gasteiger partial charge is 0.466 e. The summed E-state index contributed by atoms with van der Waals surface area (Å²) >= 11 is 11.7. The Balaban J connectivity index is 2.51. The molecular formula is C16H19ClN2O3S. The van der Waals surface area contributed by atoms with Gasteiger partial charge in [-0.05, 0) is 30.8 Å². The van der Waals surface area contributed by atoms with Gasteiger partial charge in [-0.3, -0.25) is 0 Å². The van der Waals surface area contributed by atoms with Crippen LogP contribution in [0.1, 0.15) is 18.5 Å². The maximum absolute atomic E-state index is 12.3. The third-order valence-electron chi connectivity index (χ3n) is 3.74. The molecule has 5 nitrogen and oxygen atoms in total. The maximum atomic E-state index is 12.3. The molecule has 0 saturated carbocycles. The van der Waals surface area contributed by atoms with Gasteiger partial charge in [0.2, 0.25) is 0 Å². The number of hydrogen-bond acceptors (Lipinski definition) is 4. The monoisotopic (exact) mass is 354 g/mol. The van der Waals surface area contributed by atoms with Crippen LogP contribution >= 0.6 is 23.8 Å². The van der Waals surface area contributed by atoms with Gasteiger partial charge in [0, 0.05) is 24.4 Å². The Morgan fingerprint density at radius 3 is 2.70 bits per heavy atom. The van der Waals surface area contributed by atoms with Crippen molar-refractivity contribution in [3.8, 4) is 0 Å². The van der Waals surface area contributed by atoms with Crippen LogP contribution in [0.15, 0.2) is 35.5 Å². The lowest BCUT2D eigenvalue weighted by atomic mass is 9.95. The minimum atomic E-state index is -0.442. The minimum absolute atomic E-state index is 0.412. The average molecular weight is 355 g/mol. The number of carbonyl (C=O) groups is 1. The summed E-state index contributed by atoms with van der Waals surface area (Å²) in [5.74, 6) is -0.412. The first-order valence-corrected chi connectivity index (χ1v) is 7.90. The SMILES string of the molecule is COCCN1C(=S)N[C@@H](c2ccccc2Cl)C(C(=O)OC)=C1C. The van der Waals surface area contributed by atoms with E-state index in [9.17, 15) is 4.79 Å². The molecule has 1 aromatic carbocycles. The van der Waals surface area contributed by atoms with Crippen molar-refractivity contribution in [2.24, 2.45) is 0 Å². The fourth-order valence-corrected chi connectivity index (χ4v) is 3.14. The van der Waals surface area contributed by atoms with Gasteiger partial charge in [-0.25, -0.2) is 4.79 Å². The van der Waals surface area contributed by atoms with Crippen LogP contribution in [-0.4, -0.2) is 43.4 Å². The van der Waals surface area contributed by atoms with Crippen LogP contribution in [0.2, 0.25) is 5.02 Å². The standard InChI is InChI=1S/C16H19ClN2O3S/c1-10-13(15(20)22-3)14(11-6-4-5-7-12(11)17)18-16(23)19(10)8-9-21-2/h4-7,14H,8-9H2,1-3H3,(H,18,23)/t14-/m0/s1. The van der Waals surface area contributed by atoms with Crippen molar-refractivity contribution >= 4 is 34.9 Å². The number of allylic oxidation sites excluding steroid dienone is 1. The molecule has 23 heavy (non-hydrogen) atoms. The van der Waals surface area contributed by atoms with E-state index >= 15 is 0 Å². The predicted octanol–water partition coefficient (Wildman–Crippen LogP) is 2.66. The Morgan fingerprint density at radius 1 is 1.39 bits per heavy atom. The molecule has 0 unspecified atom stereocenters. The number of ether oxygens (including phenoxy) is 2. The molecule has 1 atom stereocenters. The van der Waals surface area contributed by atoms with Crippen LogP contribution in [0, 0.1) is 0 Å². The molecule has 0 aromatic heterocycles. The number of esters is 1. The molecule has 7 heteroatoms. The number of nitrogens with zero attached hydrogens (tertiary/aromatic N) is 1. The molecule has 0 saturated heterocycles. The fraction of sp³-hybridized carbons (Fsp3) is 0.375. The van der Waals surface area contributed by atoms with Gasteiger partial charge in [-0.1, -0.05) is 29.8 Å². The summed E-state index contributed by atoms with van der Waals surface area (Å²) in [5.41, 5.74) is 2.01. The number of methoxy groups -OCH3 is 2. The van der Waals surface area contributed by atoms with Gasteiger partial charge >= 0.3 is 5.97 Å². The summed E-state index contributed by atoms with van der Waals surface area (Å²) < 4.78 is 10.1. The van der Waals surface area contributed by atoms with Gasteiger partial charge in [0.1, 0.15) is 0 Å². The van der Waals surface area contributed by atoms with Crippen molar-refractivity contribution in [2.45, 2.75) is 13.0 Å². The van der Waals surface area contributed by atoms with Gasteiger partial charge in [0.25, 0.3) is 0 Å². The Hall–Kier alpha value is -1.63. The molecular weight excluding hydrogens is 336 g/mol. The summed E-state index contributed by atoms with van der Waals surface area (Å²) in [4.78, 5) is 14.2. The number of benzene rings is 1. The number of nitrogens with one attached hydrogen (secondary N) is 1. The Bertz CT molecular complexity index is 648. The van der Waals surface area contributed by atoms with E-state index in [1.54, 1.807) is 13.2 Å². The summed E-state index contributed by atoms with van der Waals surface area (Å²) in [6, 6.07) is 6.91. The molecule has 1 heterocycles. The summed E-state index contributed by atoms with van der Waals surface area (Å²) in [5, 5.41) is 4.27. The summed E-state index contributed by atoms with van der Waals surface area (Å²) in [6.45, 7) is 2.88. The van der Waals surface area contributed by atoms with Crippen molar-refractivity contribution in [1.82, 2.24) is 10.2 Å². The highest BCUT2D eigenvalue weighted by Crippen LogP contribution is 2.34. The van der Waals surface area contributed by atoms with Crippen LogP contribution in [0.25, 0.3) is 0 Å². The number of carbonyl (C=O) groups excluding carboxylic acids is 1. The first-order chi connectivity index (χ1) is 11.0. The Kier molecular flexibility index (Phi) is 5.98. The van der Waals surface area contributed by atoms with E-state index in [1.165, 1.54) is 7.11 Å². The molecule has 0 aliphatic carbocycles. The third-order valence-corrected chi connectivity index (χ3v) is 4.42. The van der Waals surface area contributed by atoms with Gasteiger partial charge in [0.05, 0.1) is 25.3 Å². The summed E-state index contributed by atoms with van der Waals surface area (Å²) in [7, 11) is 2.98. The van der Waals surface area contributed by atoms with E-state index in [0.29, 0.717) is 28.9 Å². The molecule has 1 aromatic rings. The number of hydrogen-bond donors (Lipinski definition) is 1. The van der Waals surface area contributed by atoms with E-state index in [1.807, 2.05) is 30.0 Å². The zero-order valence-electron chi connectivity index (χ0n) is 13.3. The van der Waals surface area contributed by atoms with E-state index in [2.05, 4.69) is 5.32 Å². The van der Waals surface area contributed by atoms with Gasteiger partial charge < -0.3 is 19.7 Å². The Labute approximate surface area is 146 Å². The van der Waals surface area contributed by atoms with Crippen molar-refractivity contribution in [1.29, 1.82) is 0 Å². The van der Waals surface area contributed by atoms with E-state index in [4.69, 9.17) is 33.3 Å². The normalized spacial score (nSPS) is 18.0. The van der Waals surface area contributed by atoms with Crippen LogP contribution in [0.5, 0.6) is 0 Å². The summed E-state index contributed by atoms with van der Waals surface area (Å²) in [6.07, 6.45) is 0. The van der Waals surface area contributed by atoms with Gasteiger partial charge in [-0.2, -0.15) is 0 Å². The lowest BCUT2D eigenvalue weighted by Gasteiger charge is -2.37. The van der Waals surface area contributed by atoms with E-state index in [0.717, 1.165) is 11.3 Å². The first kappa shape index (κ1) is 17.7. The highest BCUT2D eigenvalue weighted by Gasteiger charge is 2.35. The second-order valence-corrected chi connectivity index (χ2v) is 5.83. The Morgan fingerprint density at radius 2 is 2.09 bits per heavy atom. The number of rotatable bonds is 5.